The van der Waals surface area contributed by atoms with E-state index in [9.17, 15) is 0 Å². The van der Waals surface area contributed by atoms with E-state index in [4.69, 9.17) is 4.74 Å². The number of nitrogens with zero attached hydrogens (tertiary/aromatic N) is 1. The van der Waals surface area contributed by atoms with Gasteiger partial charge in [0.1, 0.15) is 0 Å². The highest BCUT2D eigenvalue weighted by molar-refractivity contribution is 4.74. The SMILES string of the molecule is COCC(C)N(C)CCCC1CCCN1. The quantitative estimate of drug-likeness (QED) is 0.695. The van der Waals surface area contributed by atoms with Crippen molar-refractivity contribution in [1.82, 2.24) is 10.2 Å². The third-order valence-electron chi connectivity index (χ3n) is 3.39. The summed E-state index contributed by atoms with van der Waals surface area (Å²) in [6.45, 7) is 5.46. The van der Waals surface area contributed by atoms with Crippen LogP contribution in [0.4, 0.5) is 0 Å². The van der Waals surface area contributed by atoms with Crippen molar-refractivity contribution in [2.45, 2.75) is 44.7 Å². The Morgan fingerprint density at radius 2 is 2.33 bits per heavy atom. The Labute approximate surface area is 94.2 Å². The predicted octanol–water partition coefficient (Wildman–Crippen LogP) is 1.49. The Kier molecular flexibility index (Phi) is 6.22. The molecule has 0 amide bonds. The molecule has 0 saturated carbocycles. The molecule has 1 aliphatic heterocycles. The van der Waals surface area contributed by atoms with E-state index in [2.05, 4.69) is 24.2 Å². The zero-order valence-corrected chi connectivity index (χ0v) is 10.5. The molecule has 0 aromatic heterocycles. The van der Waals surface area contributed by atoms with E-state index in [0.717, 1.165) is 12.6 Å². The van der Waals surface area contributed by atoms with Crippen LogP contribution in [-0.4, -0.2) is 50.8 Å². The molecular weight excluding hydrogens is 188 g/mol. The fourth-order valence-electron chi connectivity index (χ4n) is 2.18. The maximum Gasteiger partial charge on any atom is 0.0615 e. The molecule has 0 aliphatic carbocycles. The minimum Gasteiger partial charge on any atom is -0.383 e. The fraction of sp³-hybridized carbons (Fsp3) is 1.00. The van der Waals surface area contributed by atoms with E-state index in [0.29, 0.717) is 6.04 Å². The van der Waals surface area contributed by atoms with Crippen LogP contribution in [0.2, 0.25) is 0 Å². The zero-order chi connectivity index (χ0) is 11.1. The summed E-state index contributed by atoms with van der Waals surface area (Å²) in [6.07, 6.45) is 5.35. The lowest BCUT2D eigenvalue weighted by atomic mass is 10.1. The Hall–Kier alpha value is -0.120. The molecule has 0 radical (unpaired) electrons. The van der Waals surface area contributed by atoms with Crippen LogP contribution in [0.5, 0.6) is 0 Å². The fourth-order valence-corrected chi connectivity index (χ4v) is 2.18. The van der Waals surface area contributed by atoms with Crippen molar-refractivity contribution in [1.29, 1.82) is 0 Å². The molecule has 1 fully saturated rings. The van der Waals surface area contributed by atoms with Gasteiger partial charge in [0, 0.05) is 19.2 Å². The number of methoxy groups -OCH3 is 1. The summed E-state index contributed by atoms with van der Waals surface area (Å²) < 4.78 is 5.15. The Bertz CT molecular complexity index is 158. The molecule has 2 atom stereocenters. The summed E-state index contributed by atoms with van der Waals surface area (Å²) in [4.78, 5) is 2.39. The van der Waals surface area contributed by atoms with Gasteiger partial charge in [-0.15, -0.1) is 0 Å². The second kappa shape index (κ2) is 7.20. The maximum atomic E-state index is 5.15. The Morgan fingerprint density at radius 3 is 2.93 bits per heavy atom. The van der Waals surface area contributed by atoms with Crippen LogP contribution in [0.25, 0.3) is 0 Å². The van der Waals surface area contributed by atoms with Gasteiger partial charge in [0.2, 0.25) is 0 Å². The minimum absolute atomic E-state index is 0.534. The van der Waals surface area contributed by atoms with E-state index in [1.165, 1.54) is 38.8 Å². The number of nitrogens with one attached hydrogen (secondary N) is 1. The molecule has 2 unspecified atom stereocenters. The van der Waals surface area contributed by atoms with Crippen molar-refractivity contribution in [2.75, 3.05) is 33.9 Å². The average Bonchev–Trinajstić information content (AvgIpc) is 2.71. The average molecular weight is 214 g/mol. The second-order valence-corrected chi connectivity index (χ2v) is 4.72. The van der Waals surface area contributed by atoms with Gasteiger partial charge < -0.3 is 15.0 Å². The van der Waals surface area contributed by atoms with E-state index < -0.39 is 0 Å². The molecule has 0 aromatic carbocycles. The van der Waals surface area contributed by atoms with Gasteiger partial charge in [0.05, 0.1) is 6.61 Å². The molecule has 0 aromatic rings. The van der Waals surface area contributed by atoms with Crippen molar-refractivity contribution in [2.24, 2.45) is 0 Å². The van der Waals surface area contributed by atoms with Crippen LogP contribution in [0, 0.1) is 0 Å². The molecular formula is C12H26N2O. The normalized spacial score (nSPS) is 23.6. The van der Waals surface area contributed by atoms with Crippen molar-refractivity contribution in [3.05, 3.63) is 0 Å². The Balaban J connectivity index is 2.02. The summed E-state index contributed by atoms with van der Waals surface area (Å²) in [5.74, 6) is 0. The second-order valence-electron chi connectivity index (χ2n) is 4.72. The molecule has 1 saturated heterocycles. The van der Waals surface area contributed by atoms with Gasteiger partial charge in [-0.3, -0.25) is 0 Å². The smallest absolute Gasteiger partial charge is 0.0615 e. The first-order chi connectivity index (χ1) is 7.24. The Morgan fingerprint density at radius 1 is 1.53 bits per heavy atom. The lowest BCUT2D eigenvalue weighted by Gasteiger charge is -2.24. The van der Waals surface area contributed by atoms with E-state index in [1.807, 2.05) is 0 Å². The van der Waals surface area contributed by atoms with Gasteiger partial charge in [0.25, 0.3) is 0 Å². The van der Waals surface area contributed by atoms with Crippen molar-refractivity contribution >= 4 is 0 Å². The van der Waals surface area contributed by atoms with Crippen LogP contribution < -0.4 is 5.32 Å². The monoisotopic (exact) mass is 214 g/mol. The van der Waals surface area contributed by atoms with Crippen LogP contribution in [0.15, 0.2) is 0 Å². The molecule has 1 aliphatic rings. The van der Waals surface area contributed by atoms with Crippen molar-refractivity contribution < 1.29 is 4.74 Å². The largest absolute Gasteiger partial charge is 0.383 e. The van der Waals surface area contributed by atoms with Crippen molar-refractivity contribution in [3.8, 4) is 0 Å². The van der Waals surface area contributed by atoms with Crippen LogP contribution in [-0.2, 0) is 4.74 Å². The number of ether oxygens (including phenoxy) is 1. The lowest BCUT2D eigenvalue weighted by Crippen LogP contribution is -2.34. The maximum absolute atomic E-state index is 5.15. The molecule has 3 heteroatoms. The highest BCUT2D eigenvalue weighted by Gasteiger charge is 2.14. The first kappa shape index (κ1) is 12.9. The van der Waals surface area contributed by atoms with Gasteiger partial charge in [-0.05, 0) is 52.7 Å². The van der Waals surface area contributed by atoms with Gasteiger partial charge >= 0.3 is 0 Å². The molecule has 0 spiro atoms. The van der Waals surface area contributed by atoms with Crippen LogP contribution >= 0.6 is 0 Å². The molecule has 90 valence electrons. The molecule has 1 heterocycles. The summed E-state index contributed by atoms with van der Waals surface area (Å²) in [6, 6.07) is 1.32. The van der Waals surface area contributed by atoms with Crippen molar-refractivity contribution in [3.63, 3.8) is 0 Å². The molecule has 15 heavy (non-hydrogen) atoms. The number of rotatable bonds is 7. The predicted molar refractivity (Wildman–Crippen MR) is 64.2 cm³/mol. The van der Waals surface area contributed by atoms with Crippen LogP contribution in [0.3, 0.4) is 0 Å². The first-order valence-electron chi connectivity index (χ1n) is 6.16. The standard InChI is InChI=1S/C12H26N2O/c1-11(10-15-3)14(2)9-5-7-12-6-4-8-13-12/h11-13H,4-10H2,1-3H3. The third kappa shape index (κ3) is 4.96. The number of hydrogen-bond acceptors (Lipinski definition) is 3. The third-order valence-corrected chi connectivity index (χ3v) is 3.39. The van der Waals surface area contributed by atoms with Gasteiger partial charge in [-0.1, -0.05) is 0 Å². The zero-order valence-electron chi connectivity index (χ0n) is 10.5. The lowest BCUT2D eigenvalue weighted by molar-refractivity contribution is 0.114. The molecule has 3 nitrogen and oxygen atoms in total. The van der Waals surface area contributed by atoms with Gasteiger partial charge in [0.15, 0.2) is 0 Å². The highest BCUT2D eigenvalue weighted by atomic mass is 16.5. The molecule has 1 N–H and O–H groups in total. The summed E-state index contributed by atoms with van der Waals surface area (Å²) in [5.41, 5.74) is 0. The van der Waals surface area contributed by atoms with E-state index in [1.54, 1.807) is 7.11 Å². The summed E-state index contributed by atoms with van der Waals surface area (Å²) >= 11 is 0. The summed E-state index contributed by atoms with van der Waals surface area (Å²) in [7, 11) is 3.96. The van der Waals surface area contributed by atoms with E-state index >= 15 is 0 Å². The summed E-state index contributed by atoms with van der Waals surface area (Å²) in [5, 5.41) is 3.54. The van der Waals surface area contributed by atoms with E-state index in [-0.39, 0.29) is 0 Å². The highest BCUT2D eigenvalue weighted by Crippen LogP contribution is 2.11. The number of hydrogen-bond donors (Lipinski definition) is 1. The molecule has 0 bridgehead atoms. The van der Waals surface area contributed by atoms with Crippen LogP contribution in [0.1, 0.15) is 32.6 Å². The number of likely N-dealkylation sites (N-methyl/N-ethyl adjacent to an activating group) is 1. The first-order valence-corrected chi connectivity index (χ1v) is 6.16. The van der Waals surface area contributed by atoms with Gasteiger partial charge in [-0.25, -0.2) is 0 Å². The topological polar surface area (TPSA) is 24.5 Å². The molecule has 1 rings (SSSR count). The minimum atomic E-state index is 0.534. The van der Waals surface area contributed by atoms with Gasteiger partial charge in [-0.2, -0.15) is 0 Å².